The van der Waals surface area contributed by atoms with Gasteiger partial charge >= 0.3 is 0 Å². The van der Waals surface area contributed by atoms with Crippen LogP contribution in [0.15, 0.2) is 47.4 Å². The fourth-order valence-corrected chi connectivity index (χ4v) is 7.63. The van der Waals surface area contributed by atoms with Crippen molar-refractivity contribution in [2.75, 3.05) is 39.3 Å². The monoisotopic (exact) mass is 609 g/mol. The third-order valence-electron chi connectivity index (χ3n) is 8.41. The van der Waals surface area contributed by atoms with Gasteiger partial charge in [-0.1, -0.05) is 65.5 Å². The Morgan fingerprint density at radius 1 is 0.950 bits per heavy atom. The summed E-state index contributed by atoms with van der Waals surface area (Å²) in [6.45, 7) is 16.9. The van der Waals surface area contributed by atoms with E-state index in [0.717, 1.165) is 24.8 Å². The number of likely N-dealkylation sites (tertiary alicyclic amines) is 1. The lowest BCUT2D eigenvalue weighted by atomic mass is 9.65. The number of rotatable bonds is 9. The van der Waals surface area contributed by atoms with Gasteiger partial charge in [-0.15, -0.1) is 11.6 Å². The van der Waals surface area contributed by atoms with Gasteiger partial charge in [-0.25, -0.2) is 4.31 Å². The summed E-state index contributed by atoms with van der Waals surface area (Å²) >= 11 is 8.24. The highest BCUT2D eigenvalue weighted by atomic mass is 35.5. The average Bonchev–Trinajstić information content (AvgIpc) is 3.24. The molecule has 11 N–H and O–H groups in total. The molecule has 0 bridgehead atoms. The van der Waals surface area contributed by atoms with E-state index in [1.54, 1.807) is 0 Å². The topological polar surface area (TPSA) is 176 Å². The van der Waals surface area contributed by atoms with Gasteiger partial charge in [0.25, 0.3) is 0 Å². The van der Waals surface area contributed by atoms with Crippen molar-refractivity contribution < 1.29 is 27.4 Å². The molecule has 0 spiro atoms. The van der Waals surface area contributed by atoms with Crippen LogP contribution in [0.2, 0.25) is 0 Å². The van der Waals surface area contributed by atoms with Crippen molar-refractivity contribution in [3.8, 4) is 0 Å². The quantitative estimate of drug-likeness (QED) is 0.257. The normalized spacial score (nSPS) is 26.6. The van der Waals surface area contributed by atoms with Crippen molar-refractivity contribution in [3.63, 3.8) is 0 Å². The van der Waals surface area contributed by atoms with E-state index in [1.807, 2.05) is 11.9 Å². The molecule has 1 aromatic rings. The Labute approximate surface area is 253 Å². The fourth-order valence-electron chi connectivity index (χ4n) is 6.36. The first kappa shape index (κ1) is 43.7. The second kappa shape index (κ2) is 20.2. The van der Waals surface area contributed by atoms with Gasteiger partial charge in [0.15, 0.2) is 0 Å². The lowest BCUT2D eigenvalue weighted by molar-refractivity contribution is 0.0218. The smallest absolute Gasteiger partial charge is 0.0516 e. The van der Waals surface area contributed by atoms with E-state index in [1.165, 1.54) is 56.9 Å². The summed E-state index contributed by atoms with van der Waals surface area (Å²) in [4.78, 5) is 4.10. The maximum atomic E-state index is 6.32. The number of alkyl halides is 1. The van der Waals surface area contributed by atoms with Crippen molar-refractivity contribution in [2.45, 2.75) is 77.1 Å². The maximum Gasteiger partial charge on any atom is 0.0516 e. The van der Waals surface area contributed by atoms with Crippen LogP contribution in [0.4, 0.5) is 0 Å². The minimum Gasteiger partial charge on any atom is -0.412 e. The molecule has 2 heterocycles. The van der Waals surface area contributed by atoms with Crippen molar-refractivity contribution in [1.82, 2.24) is 14.5 Å². The number of piperidine rings is 1. The molecule has 2 saturated heterocycles. The highest BCUT2D eigenvalue weighted by molar-refractivity contribution is 7.97. The molecule has 0 radical (unpaired) electrons. The van der Waals surface area contributed by atoms with E-state index < -0.39 is 0 Å². The molecule has 3 aliphatic rings. The Bertz CT molecular complexity index is 805. The standard InChI is InChI=1S/C29H46ClN3S.CH4.5H2O/c1-22(2)28(31-18-23-14-17-33(19-23)34-26-8-6-5-7-9-26)20-32-16-15-27(29(3,4)21-32)24-10-12-25(30)13-11-24;;;;;;/h5-10,12,22-25,27-28,31H,11,13-21H2,1-4H3;1H4;5*1H2/t23-,24?,25?,27+,28-;;;;;;/m0....../s1. The van der Waals surface area contributed by atoms with E-state index in [4.69, 9.17) is 11.6 Å². The molecule has 2 fully saturated rings. The zero-order valence-electron chi connectivity index (χ0n) is 24.3. The van der Waals surface area contributed by atoms with Crippen molar-refractivity contribution in [2.24, 2.45) is 29.1 Å². The first-order valence-electron chi connectivity index (χ1n) is 13.6. The third-order valence-corrected chi connectivity index (χ3v) is 9.84. The van der Waals surface area contributed by atoms with Gasteiger partial charge in [0.2, 0.25) is 0 Å². The van der Waals surface area contributed by atoms with Crippen LogP contribution in [0.5, 0.6) is 0 Å². The van der Waals surface area contributed by atoms with E-state index in [0.29, 0.717) is 23.3 Å². The molecule has 2 aliphatic heterocycles. The van der Waals surface area contributed by atoms with Gasteiger partial charge in [0.05, 0.1) is 5.38 Å². The lowest BCUT2D eigenvalue weighted by Gasteiger charge is -2.48. The molecule has 8 nitrogen and oxygen atoms in total. The zero-order valence-corrected chi connectivity index (χ0v) is 25.8. The van der Waals surface area contributed by atoms with Gasteiger partial charge < -0.3 is 37.6 Å². The molecule has 4 rings (SSSR count). The maximum absolute atomic E-state index is 6.32. The van der Waals surface area contributed by atoms with E-state index in [-0.39, 0.29) is 40.2 Å². The molecule has 1 aromatic carbocycles. The predicted molar refractivity (Wildman–Crippen MR) is 173 cm³/mol. The van der Waals surface area contributed by atoms with E-state index in [2.05, 4.69) is 84.7 Å². The molecular formula is C30H60ClN3O5S. The number of benzene rings is 1. The number of nitrogens with one attached hydrogen (secondary N) is 1. The molecule has 0 aromatic heterocycles. The van der Waals surface area contributed by atoms with Gasteiger partial charge in [-0.3, -0.25) is 0 Å². The van der Waals surface area contributed by atoms with Gasteiger partial charge in [-0.05, 0) is 91.9 Å². The summed E-state index contributed by atoms with van der Waals surface area (Å²) in [5.74, 6) is 2.90. The van der Waals surface area contributed by atoms with Crippen LogP contribution in [-0.4, -0.2) is 87.3 Å². The van der Waals surface area contributed by atoms with Crippen LogP contribution in [0.3, 0.4) is 0 Å². The van der Waals surface area contributed by atoms with Crippen LogP contribution in [0, 0.1) is 29.1 Å². The fraction of sp³-hybridized carbons (Fsp3) is 0.733. The number of nitrogens with zero attached hydrogens (tertiary/aromatic N) is 2. The van der Waals surface area contributed by atoms with E-state index in [9.17, 15) is 0 Å². The van der Waals surface area contributed by atoms with E-state index >= 15 is 0 Å². The molecule has 0 amide bonds. The second-order valence-corrected chi connectivity index (χ2v) is 13.7. The average molecular weight is 610 g/mol. The number of halogens is 1. The first-order valence-corrected chi connectivity index (χ1v) is 14.8. The lowest BCUT2D eigenvalue weighted by Crippen LogP contribution is -2.53. The Morgan fingerprint density at radius 2 is 1.62 bits per heavy atom. The first-order chi connectivity index (χ1) is 16.3. The van der Waals surface area contributed by atoms with Crippen LogP contribution >= 0.6 is 23.5 Å². The second-order valence-electron chi connectivity index (χ2n) is 12.0. The zero-order chi connectivity index (χ0) is 24.1. The third kappa shape index (κ3) is 12.3. The summed E-state index contributed by atoms with van der Waals surface area (Å²) in [6.07, 6.45) is 9.70. The summed E-state index contributed by atoms with van der Waals surface area (Å²) < 4.78 is 2.55. The Hall–Kier alpha value is -0.720. The summed E-state index contributed by atoms with van der Waals surface area (Å²) in [7, 11) is 0. The van der Waals surface area contributed by atoms with Gasteiger partial charge in [0, 0.05) is 37.1 Å². The van der Waals surface area contributed by atoms with Crippen LogP contribution in [-0.2, 0) is 0 Å². The highest BCUT2D eigenvalue weighted by Crippen LogP contribution is 2.43. The van der Waals surface area contributed by atoms with Gasteiger partial charge in [-0.2, -0.15) is 0 Å². The summed E-state index contributed by atoms with van der Waals surface area (Å²) in [6, 6.07) is 11.4. The molecule has 1 aliphatic carbocycles. The molecule has 2 unspecified atom stereocenters. The number of hydrogen-bond acceptors (Lipinski definition) is 4. The molecule has 5 atom stereocenters. The van der Waals surface area contributed by atoms with Crippen LogP contribution < -0.4 is 5.32 Å². The number of hydrogen-bond donors (Lipinski definition) is 1. The molecular weight excluding hydrogens is 550 g/mol. The Balaban J connectivity index is -0.00000228. The summed E-state index contributed by atoms with van der Waals surface area (Å²) in [5.41, 5.74) is 0.356. The predicted octanol–water partition coefficient (Wildman–Crippen LogP) is 3.06. The molecule has 0 saturated carbocycles. The Morgan fingerprint density at radius 3 is 2.20 bits per heavy atom. The summed E-state index contributed by atoms with van der Waals surface area (Å²) in [5, 5.41) is 4.25. The minimum atomic E-state index is 0. The van der Waals surface area contributed by atoms with Crippen LogP contribution in [0.25, 0.3) is 0 Å². The van der Waals surface area contributed by atoms with Crippen molar-refractivity contribution in [1.29, 1.82) is 0 Å². The minimum absolute atomic E-state index is 0. The molecule has 238 valence electrons. The number of allylic oxidation sites excluding steroid dienone is 2. The van der Waals surface area contributed by atoms with Crippen molar-refractivity contribution in [3.05, 3.63) is 42.5 Å². The van der Waals surface area contributed by atoms with Gasteiger partial charge in [0.1, 0.15) is 0 Å². The van der Waals surface area contributed by atoms with Crippen LogP contribution in [0.1, 0.15) is 60.8 Å². The van der Waals surface area contributed by atoms with Crippen molar-refractivity contribution >= 4 is 23.5 Å². The SMILES string of the molecule is C.CC(C)[C@H](CN1CC[C@H](C2C=CC(Cl)CC2)C(C)(C)C1)NC[C@@H]1CCN(Sc2ccccc2)C1.O.O.O.O.O. The molecule has 10 heteroatoms. The highest BCUT2D eigenvalue weighted by Gasteiger charge is 2.40. The largest absolute Gasteiger partial charge is 0.412 e. The Kier molecular flexibility index (Phi) is 22.1. The molecule has 40 heavy (non-hydrogen) atoms.